The third kappa shape index (κ3) is 20.8. The molecule has 0 amide bonds. The Morgan fingerprint density at radius 1 is 0.553 bits per heavy atom. The summed E-state index contributed by atoms with van der Waals surface area (Å²) in [6, 6.07) is 0. The second kappa shape index (κ2) is 26.2. The molecule has 0 aliphatic heterocycles. The van der Waals surface area contributed by atoms with Crippen LogP contribution in [-0.2, 0) is 9.59 Å². The van der Waals surface area contributed by atoms with Gasteiger partial charge in [0.1, 0.15) is 0 Å². The van der Waals surface area contributed by atoms with Crippen LogP contribution in [0.15, 0.2) is 0 Å². The average molecular weight is 539 g/mol. The number of unbranched alkanes of at least 4 members (excludes halogenated alkanes) is 18. The minimum absolute atomic E-state index is 0.305. The Kier molecular flexibility index (Phi) is 25.4. The predicted molar refractivity (Wildman–Crippen MR) is 163 cm³/mol. The Morgan fingerprint density at radius 2 is 0.947 bits per heavy atom. The molecule has 0 saturated carbocycles. The number of aliphatic carboxylic acids is 2. The number of carboxylic acid groups (broad SMARTS) is 2. The fourth-order valence-corrected chi connectivity index (χ4v) is 6.07. The Hall–Kier alpha value is -1.06. The lowest BCUT2D eigenvalue weighted by atomic mass is 9.70. The normalized spacial score (nSPS) is 12.6. The Labute approximate surface area is 237 Å². The summed E-state index contributed by atoms with van der Waals surface area (Å²) in [5.41, 5.74) is -0.517. The molecule has 0 rings (SSSR count). The summed E-state index contributed by atoms with van der Waals surface area (Å²) in [5.74, 6) is -0.678. The smallest absolute Gasteiger partial charge is 0.309 e. The van der Waals surface area contributed by atoms with E-state index in [0.717, 1.165) is 57.8 Å². The molecule has 226 valence electrons. The molecule has 0 heterocycles. The first-order chi connectivity index (χ1) is 18.4. The molecule has 0 aromatic heterocycles. The number of carboxylic acids is 2. The van der Waals surface area contributed by atoms with Crippen molar-refractivity contribution < 1.29 is 19.8 Å². The lowest BCUT2D eigenvalue weighted by Crippen LogP contribution is -2.33. The van der Waals surface area contributed by atoms with Gasteiger partial charge in [-0.15, -0.1) is 0 Å². The van der Waals surface area contributed by atoms with E-state index < -0.39 is 17.4 Å². The summed E-state index contributed by atoms with van der Waals surface area (Å²) < 4.78 is 0. The van der Waals surface area contributed by atoms with Crippen LogP contribution in [0.2, 0.25) is 0 Å². The minimum atomic E-state index is -0.680. The third-order valence-electron chi connectivity index (χ3n) is 8.73. The molecule has 0 saturated heterocycles. The van der Waals surface area contributed by atoms with Crippen molar-refractivity contribution in [3.8, 4) is 0 Å². The first kappa shape index (κ1) is 36.9. The molecule has 4 nitrogen and oxygen atoms in total. The van der Waals surface area contributed by atoms with Crippen molar-refractivity contribution in [3.63, 3.8) is 0 Å². The molecule has 0 bridgehead atoms. The van der Waals surface area contributed by atoms with Crippen molar-refractivity contribution in [2.75, 3.05) is 0 Å². The molecule has 0 aromatic rings. The highest BCUT2D eigenvalue weighted by Gasteiger charge is 2.38. The lowest BCUT2D eigenvalue weighted by Gasteiger charge is -2.33. The van der Waals surface area contributed by atoms with Gasteiger partial charge in [-0.1, -0.05) is 162 Å². The molecule has 4 heteroatoms. The van der Waals surface area contributed by atoms with E-state index in [1.54, 1.807) is 0 Å². The SMILES string of the molecule is CCCCCCCCC(CCCCCCCC)(CC(CC)CCCCCCCCCCCC(=O)O)C(=O)O. The van der Waals surface area contributed by atoms with Crippen LogP contribution in [0.3, 0.4) is 0 Å². The zero-order valence-corrected chi connectivity index (χ0v) is 25.9. The van der Waals surface area contributed by atoms with Crippen LogP contribution in [-0.4, -0.2) is 22.2 Å². The Morgan fingerprint density at radius 3 is 1.34 bits per heavy atom. The van der Waals surface area contributed by atoms with Crippen LogP contribution in [0, 0.1) is 11.3 Å². The van der Waals surface area contributed by atoms with E-state index in [9.17, 15) is 14.7 Å². The standard InChI is InChI=1S/C34H66O4/c1-4-7-9-11-20-24-28-34(33(37)38,29-25-21-12-10-8-5-2)30-31(6-3)26-22-18-16-14-13-15-17-19-23-27-32(35)36/h31H,4-30H2,1-3H3,(H,35,36)(H,37,38). The van der Waals surface area contributed by atoms with Gasteiger partial charge in [-0.3, -0.25) is 9.59 Å². The Bertz CT molecular complexity index is 529. The maximum atomic E-state index is 12.8. The Balaban J connectivity index is 4.56. The molecule has 0 aliphatic rings. The van der Waals surface area contributed by atoms with E-state index in [1.165, 1.54) is 109 Å². The largest absolute Gasteiger partial charge is 0.481 e. The first-order valence-electron chi connectivity index (χ1n) is 16.9. The third-order valence-corrected chi connectivity index (χ3v) is 8.73. The van der Waals surface area contributed by atoms with Crippen molar-refractivity contribution in [1.82, 2.24) is 0 Å². The van der Waals surface area contributed by atoms with Gasteiger partial charge in [0.2, 0.25) is 0 Å². The van der Waals surface area contributed by atoms with Crippen LogP contribution < -0.4 is 0 Å². The van der Waals surface area contributed by atoms with Gasteiger partial charge in [0.05, 0.1) is 5.41 Å². The van der Waals surface area contributed by atoms with Crippen LogP contribution in [0.25, 0.3) is 0 Å². The van der Waals surface area contributed by atoms with Crippen LogP contribution in [0.5, 0.6) is 0 Å². The van der Waals surface area contributed by atoms with Crippen molar-refractivity contribution in [3.05, 3.63) is 0 Å². The molecule has 2 N–H and O–H groups in total. The van der Waals surface area contributed by atoms with Gasteiger partial charge in [-0.2, -0.15) is 0 Å². The topological polar surface area (TPSA) is 74.6 Å². The van der Waals surface area contributed by atoms with Gasteiger partial charge >= 0.3 is 11.9 Å². The van der Waals surface area contributed by atoms with Crippen molar-refractivity contribution in [1.29, 1.82) is 0 Å². The number of rotatable bonds is 30. The summed E-state index contributed by atoms with van der Waals surface area (Å²) in [5, 5.41) is 19.2. The number of carbonyl (C=O) groups is 2. The van der Waals surface area contributed by atoms with Crippen molar-refractivity contribution in [2.24, 2.45) is 11.3 Å². The summed E-state index contributed by atoms with van der Waals surface area (Å²) in [6.45, 7) is 6.75. The van der Waals surface area contributed by atoms with E-state index in [2.05, 4.69) is 20.8 Å². The highest BCUT2D eigenvalue weighted by molar-refractivity contribution is 5.74. The second-order valence-corrected chi connectivity index (χ2v) is 12.2. The van der Waals surface area contributed by atoms with Crippen LogP contribution >= 0.6 is 0 Å². The molecular formula is C34H66O4. The summed E-state index contributed by atoms with van der Waals surface area (Å²) >= 11 is 0. The zero-order chi connectivity index (χ0) is 28.3. The van der Waals surface area contributed by atoms with Crippen LogP contribution in [0.4, 0.5) is 0 Å². The molecule has 1 unspecified atom stereocenters. The van der Waals surface area contributed by atoms with Gasteiger partial charge in [-0.25, -0.2) is 0 Å². The molecule has 0 radical (unpaired) electrons. The van der Waals surface area contributed by atoms with E-state index in [-0.39, 0.29) is 0 Å². The minimum Gasteiger partial charge on any atom is -0.481 e. The van der Waals surface area contributed by atoms with E-state index in [4.69, 9.17) is 5.11 Å². The first-order valence-corrected chi connectivity index (χ1v) is 16.9. The highest BCUT2D eigenvalue weighted by atomic mass is 16.4. The predicted octanol–water partition coefficient (Wildman–Crippen LogP) is 11.4. The molecular weight excluding hydrogens is 472 g/mol. The van der Waals surface area contributed by atoms with Gasteiger partial charge < -0.3 is 10.2 Å². The summed E-state index contributed by atoms with van der Waals surface area (Å²) in [7, 11) is 0. The molecule has 0 aliphatic carbocycles. The van der Waals surface area contributed by atoms with Gasteiger partial charge in [-0.05, 0) is 31.6 Å². The summed E-state index contributed by atoms with van der Waals surface area (Å²) in [4.78, 5) is 23.3. The van der Waals surface area contributed by atoms with Gasteiger partial charge in [0.15, 0.2) is 0 Å². The molecule has 0 fully saturated rings. The summed E-state index contributed by atoms with van der Waals surface area (Å²) in [6.07, 6.45) is 30.3. The molecule has 0 spiro atoms. The number of hydrogen-bond acceptors (Lipinski definition) is 2. The van der Waals surface area contributed by atoms with E-state index >= 15 is 0 Å². The number of hydrogen-bond donors (Lipinski definition) is 2. The lowest BCUT2D eigenvalue weighted by molar-refractivity contribution is -0.151. The second-order valence-electron chi connectivity index (χ2n) is 12.2. The maximum Gasteiger partial charge on any atom is 0.309 e. The quantitative estimate of drug-likeness (QED) is 0.0892. The average Bonchev–Trinajstić information content (AvgIpc) is 2.89. The van der Waals surface area contributed by atoms with Crippen molar-refractivity contribution in [2.45, 2.75) is 194 Å². The zero-order valence-electron chi connectivity index (χ0n) is 25.9. The molecule has 38 heavy (non-hydrogen) atoms. The molecule has 1 atom stereocenters. The van der Waals surface area contributed by atoms with Gasteiger partial charge in [0, 0.05) is 6.42 Å². The highest BCUT2D eigenvalue weighted by Crippen LogP contribution is 2.41. The monoisotopic (exact) mass is 538 g/mol. The fourth-order valence-electron chi connectivity index (χ4n) is 6.07. The fraction of sp³-hybridized carbons (Fsp3) is 0.941. The van der Waals surface area contributed by atoms with Crippen molar-refractivity contribution >= 4 is 11.9 Å². The van der Waals surface area contributed by atoms with E-state index in [1.807, 2.05) is 0 Å². The molecule has 0 aromatic carbocycles. The van der Waals surface area contributed by atoms with E-state index in [0.29, 0.717) is 12.3 Å². The van der Waals surface area contributed by atoms with Crippen LogP contribution in [0.1, 0.15) is 194 Å². The van der Waals surface area contributed by atoms with Gasteiger partial charge in [0.25, 0.3) is 0 Å². The maximum absolute atomic E-state index is 12.8.